The van der Waals surface area contributed by atoms with Crippen molar-refractivity contribution in [3.05, 3.63) is 63.9 Å². The van der Waals surface area contributed by atoms with Crippen LogP contribution in [0.25, 0.3) is 6.08 Å². The van der Waals surface area contributed by atoms with Crippen LogP contribution in [0.5, 0.6) is 0 Å². The molecule has 0 aliphatic heterocycles. The van der Waals surface area contributed by atoms with Crippen molar-refractivity contribution in [3.8, 4) is 0 Å². The van der Waals surface area contributed by atoms with Gasteiger partial charge >= 0.3 is 5.97 Å². The van der Waals surface area contributed by atoms with Gasteiger partial charge in [-0.15, -0.1) is 11.3 Å². The van der Waals surface area contributed by atoms with Crippen molar-refractivity contribution >= 4 is 29.2 Å². The van der Waals surface area contributed by atoms with Gasteiger partial charge in [0.15, 0.2) is 5.78 Å². The zero-order valence-corrected chi connectivity index (χ0v) is 10.2. The van der Waals surface area contributed by atoms with Gasteiger partial charge in [0.2, 0.25) is 0 Å². The lowest BCUT2D eigenvalue weighted by Crippen LogP contribution is -1.95. The van der Waals surface area contributed by atoms with E-state index in [1.807, 2.05) is 11.4 Å². The number of carbonyl (C=O) groups is 2. The molecule has 1 N–H and O–H groups in total. The fourth-order valence-electron chi connectivity index (χ4n) is 1.41. The van der Waals surface area contributed by atoms with Gasteiger partial charge in [0, 0.05) is 0 Å². The molecule has 0 amide bonds. The van der Waals surface area contributed by atoms with Crippen LogP contribution < -0.4 is 0 Å². The number of carboxylic acids is 1. The van der Waals surface area contributed by atoms with Gasteiger partial charge in [-0.05, 0) is 35.2 Å². The van der Waals surface area contributed by atoms with E-state index < -0.39 is 5.97 Å². The number of hydrogen-bond acceptors (Lipinski definition) is 3. The minimum absolute atomic E-state index is 0.0488. The van der Waals surface area contributed by atoms with Gasteiger partial charge in [-0.3, -0.25) is 4.79 Å². The van der Waals surface area contributed by atoms with Gasteiger partial charge in [0.05, 0.1) is 10.4 Å². The van der Waals surface area contributed by atoms with E-state index in [0.717, 1.165) is 5.56 Å². The zero-order valence-electron chi connectivity index (χ0n) is 9.37. The smallest absolute Gasteiger partial charge is 0.335 e. The van der Waals surface area contributed by atoms with E-state index in [0.29, 0.717) is 4.88 Å². The molecule has 1 heterocycles. The van der Waals surface area contributed by atoms with E-state index in [-0.39, 0.29) is 11.3 Å². The first-order chi connectivity index (χ1) is 8.66. The third-order valence-corrected chi connectivity index (χ3v) is 3.23. The number of ketones is 1. The first-order valence-corrected chi connectivity index (χ1v) is 6.14. The van der Waals surface area contributed by atoms with E-state index in [1.165, 1.54) is 29.5 Å². The van der Waals surface area contributed by atoms with Gasteiger partial charge in [-0.25, -0.2) is 4.79 Å². The quantitative estimate of drug-likeness (QED) is 0.676. The topological polar surface area (TPSA) is 54.4 Å². The van der Waals surface area contributed by atoms with Crippen LogP contribution in [0.15, 0.2) is 47.9 Å². The van der Waals surface area contributed by atoms with Crippen LogP contribution >= 0.6 is 11.3 Å². The van der Waals surface area contributed by atoms with E-state index >= 15 is 0 Å². The van der Waals surface area contributed by atoms with E-state index in [1.54, 1.807) is 24.3 Å². The lowest BCUT2D eigenvalue weighted by molar-refractivity contribution is 0.0696. The Balaban J connectivity index is 2.09. The largest absolute Gasteiger partial charge is 0.478 e. The summed E-state index contributed by atoms with van der Waals surface area (Å²) in [4.78, 5) is 23.0. The average molecular weight is 258 g/mol. The van der Waals surface area contributed by atoms with Crippen LogP contribution in [0.2, 0.25) is 0 Å². The molecule has 0 atom stereocenters. The minimum atomic E-state index is -0.958. The number of hydrogen-bond donors (Lipinski definition) is 1. The molecule has 90 valence electrons. The maximum Gasteiger partial charge on any atom is 0.335 e. The van der Waals surface area contributed by atoms with Crippen molar-refractivity contribution in [1.82, 2.24) is 0 Å². The summed E-state index contributed by atoms with van der Waals surface area (Å²) in [7, 11) is 0. The van der Waals surface area contributed by atoms with Gasteiger partial charge in [-0.2, -0.15) is 0 Å². The molecular formula is C14H10O3S. The third kappa shape index (κ3) is 2.93. The predicted molar refractivity (Wildman–Crippen MR) is 71.1 cm³/mol. The summed E-state index contributed by atoms with van der Waals surface area (Å²) in [6, 6.07) is 9.96. The molecule has 0 spiro atoms. The molecule has 0 saturated heterocycles. The lowest BCUT2D eigenvalue weighted by atomic mass is 10.1. The number of allylic oxidation sites excluding steroid dienone is 1. The van der Waals surface area contributed by atoms with Crippen LogP contribution in [0.4, 0.5) is 0 Å². The molecule has 0 unspecified atom stereocenters. The SMILES string of the molecule is O=C(O)c1ccc(/C=C/C(=O)c2cccs2)cc1. The van der Waals surface area contributed by atoms with Crippen molar-refractivity contribution in [3.63, 3.8) is 0 Å². The fraction of sp³-hybridized carbons (Fsp3) is 0. The molecule has 0 aliphatic carbocycles. The molecule has 4 heteroatoms. The number of rotatable bonds is 4. The molecule has 0 aliphatic rings. The maximum absolute atomic E-state index is 11.7. The highest BCUT2D eigenvalue weighted by molar-refractivity contribution is 7.12. The molecule has 1 aromatic heterocycles. The summed E-state index contributed by atoms with van der Waals surface area (Å²) in [5.41, 5.74) is 1.03. The van der Waals surface area contributed by atoms with Crippen molar-refractivity contribution in [1.29, 1.82) is 0 Å². The Bertz CT molecular complexity index is 580. The number of carbonyl (C=O) groups excluding carboxylic acids is 1. The zero-order chi connectivity index (χ0) is 13.0. The number of thiophene rings is 1. The van der Waals surface area contributed by atoms with Gasteiger partial charge in [0.1, 0.15) is 0 Å². The number of benzene rings is 1. The van der Waals surface area contributed by atoms with E-state index in [9.17, 15) is 9.59 Å². The second-order valence-corrected chi connectivity index (χ2v) is 4.55. The van der Waals surface area contributed by atoms with Crippen LogP contribution in [0.1, 0.15) is 25.6 Å². The standard InChI is InChI=1S/C14H10O3S/c15-12(13-2-1-9-18-13)8-5-10-3-6-11(7-4-10)14(16)17/h1-9H,(H,16,17)/b8-5+. The van der Waals surface area contributed by atoms with Crippen LogP contribution in [-0.2, 0) is 0 Å². The highest BCUT2D eigenvalue weighted by Gasteiger charge is 2.02. The third-order valence-electron chi connectivity index (χ3n) is 2.35. The highest BCUT2D eigenvalue weighted by atomic mass is 32.1. The van der Waals surface area contributed by atoms with E-state index in [2.05, 4.69) is 0 Å². The molecule has 2 aromatic rings. The van der Waals surface area contributed by atoms with Crippen LogP contribution in [-0.4, -0.2) is 16.9 Å². The Labute approximate surface area is 108 Å². The second-order valence-electron chi connectivity index (χ2n) is 3.60. The fourth-order valence-corrected chi connectivity index (χ4v) is 2.05. The molecule has 0 radical (unpaired) electrons. The normalized spacial score (nSPS) is 10.7. The highest BCUT2D eigenvalue weighted by Crippen LogP contribution is 2.12. The summed E-state index contributed by atoms with van der Waals surface area (Å²) in [6.07, 6.45) is 3.16. The molecular weight excluding hydrogens is 248 g/mol. The van der Waals surface area contributed by atoms with Crippen molar-refractivity contribution in [2.75, 3.05) is 0 Å². The Morgan fingerprint density at radius 2 is 1.83 bits per heavy atom. The predicted octanol–water partition coefficient (Wildman–Crippen LogP) is 3.34. The van der Waals surface area contributed by atoms with Crippen molar-refractivity contribution in [2.24, 2.45) is 0 Å². The average Bonchev–Trinajstić information content (AvgIpc) is 2.90. The Kier molecular flexibility index (Phi) is 3.69. The Morgan fingerprint density at radius 3 is 2.39 bits per heavy atom. The van der Waals surface area contributed by atoms with Crippen molar-refractivity contribution in [2.45, 2.75) is 0 Å². The summed E-state index contributed by atoms with van der Waals surface area (Å²) in [6.45, 7) is 0. The monoisotopic (exact) mass is 258 g/mol. The van der Waals surface area contributed by atoms with Crippen molar-refractivity contribution < 1.29 is 14.7 Å². The van der Waals surface area contributed by atoms with Gasteiger partial charge < -0.3 is 5.11 Å². The molecule has 0 bridgehead atoms. The molecule has 0 fully saturated rings. The first-order valence-electron chi connectivity index (χ1n) is 5.26. The molecule has 18 heavy (non-hydrogen) atoms. The first kappa shape index (κ1) is 12.3. The maximum atomic E-state index is 11.7. The molecule has 1 aromatic carbocycles. The van der Waals surface area contributed by atoms with Crippen LogP contribution in [0, 0.1) is 0 Å². The van der Waals surface area contributed by atoms with Gasteiger partial charge in [0.25, 0.3) is 0 Å². The van der Waals surface area contributed by atoms with Crippen LogP contribution in [0.3, 0.4) is 0 Å². The summed E-state index contributed by atoms with van der Waals surface area (Å²) in [5, 5.41) is 10.6. The lowest BCUT2D eigenvalue weighted by Gasteiger charge is -1.95. The Morgan fingerprint density at radius 1 is 1.11 bits per heavy atom. The summed E-state index contributed by atoms with van der Waals surface area (Å²) < 4.78 is 0. The second kappa shape index (κ2) is 5.42. The summed E-state index contributed by atoms with van der Waals surface area (Å²) in [5.74, 6) is -1.01. The van der Waals surface area contributed by atoms with Gasteiger partial charge in [-0.1, -0.05) is 24.3 Å². The molecule has 0 saturated carbocycles. The number of aromatic carboxylic acids is 1. The summed E-state index contributed by atoms with van der Waals surface area (Å²) >= 11 is 1.39. The van der Waals surface area contributed by atoms with E-state index in [4.69, 9.17) is 5.11 Å². The Hall–Kier alpha value is -2.20. The minimum Gasteiger partial charge on any atom is -0.478 e. The molecule has 2 rings (SSSR count). The number of carboxylic acid groups (broad SMARTS) is 1. The molecule has 3 nitrogen and oxygen atoms in total.